The summed E-state index contributed by atoms with van der Waals surface area (Å²) in [5.74, 6) is -0.259. The van der Waals surface area contributed by atoms with E-state index < -0.39 is 6.04 Å². The van der Waals surface area contributed by atoms with Crippen LogP contribution in [0.4, 0.5) is 5.69 Å². The Morgan fingerprint density at radius 1 is 0.966 bits per heavy atom. The first-order valence-corrected chi connectivity index (χ1v) is 10.4. The quantitative estimate of drug-likeness (QED) is 0.870. The van der Waals surface area contributed by atoms with Crippen LogP contribution in [0.25, 0.3) is 0 Å². The Balaban J connectivity index is 1.72. The predicted octanol–water partition coefficient (Wildman–Crippen LogP) is 3.71. The van der Waals surface area contributed by atoms with Gasteiger partial charge in [0, 0.05) is 24.1 Å². The largest absolute Gasteiger partial charge is 0.352 e. The van der Waals surface area contributed by atoms with Gasteiger partial charge in [0.15, 0.2) is 0 Å². The van der Waals surface area contributed by atoms with Crippen molar-refractivity contribution < 1.29 is 9.59 Å². The van der Waals surface area contributed by atoms with Crippen molar-refractivity contribution in [1.29, 1.82) is 0 Å². The van der Waals surface area contributed by atoms with Gasteiger partial charge in [-0.05, 0) is 18.9 Å². The highest BCUT2D eigenvalue weighted by atomic mass is 16.2. The maximum Gasteiger partial charge on any atom is 0.245 e. The van der Waals surface area contributed by atoms with Crippen molar-refractivity contribution in [2.45, 2.75) is 51.1 Å². The number of carbonyl (C=O) groups is 2. The monoisotopic (exact) mass is 389 g/mol. The molecular formula is C24H27N3O2. The van der Waals surface area contributed by atoms with Gasteiger partial charge in [0.25, 0.3) is 0 Å². The molecule has 0 saturated heterocycles. The maximum absolute atomic E-state index is 13.2. The lowest BCUT2D eigenvalue weighted by Crippen LogP contribution is -2.53. The first kappa shape index (κ1) is 19.4. The summed E-state index contributed by atoms with van der Waals surface area (Å²) in [6, 6.07) is 17.2. The van der Waals surface area contributed by atoms with Crippen molar-refractivity contribution >= 4 is 23.2 Å². The van der Waals surface area contributed by atoms with E-state index in [1.807, 2.05) is 54.6 Å². The number of nitrogens with zero attached hydrogens (tertiary/aromatic N) is 2. The third-order valence-electron chi connectivity index (χ3n) is 5.79. The molecule has 1 heterocycles. The molecule has 1 aliphatic carbocycles. The van der Waals surface area contributed by atoms with E-state index in [1.165, 1.54) is 13.3 Å². The number of aliphatic imine (C=N–C) groups is 1. The summed E-state index contributed by atoms with van der Waals surface area (Å²) in [7, 11) is 0. The first-order chi connectivity index (χ1) is 14.1. The molecule has 1 atom stereocenters. The Morgan fingerprint density at radius 2 is 1.66 bits per heavy atom. The van der Waals surface area contributed by atoms with Crippen LogP contribution in [-0.2, 0) is 9.59 Å². The minimum Gasteiger partial charge on any atom is -0.352 e. The molecule has 1 N–H and O–H groups in total. The number of rotatable bonds is 3. The van der Waals surface area contributed by atoms with Crippen LogP contribution >= 0.6 is 0 Å². The Morgan fingerprint density at radius 3 is 2.38 bits per heavy atom. The van der Waals surface area contributed by atoms with Gasteiger partial charge in [0.05, 0.1) is 17.9 Å². The van der Waals surface area contributed by atoms with Gasteiger partial charge in [-0.25, -0.2) is 0 Å². The number of hydrogen-bond acceptors (Lipinski definition) is 3. The van der Waals surface area contributed by atoms with E-state index in [1.54, 1.807) is 4.90 Å². The van der Waals surface area contributed by atoms with Crippen molar-refractivity contribution in [2.75, 3.05) is 11.4 Å². The molecule has 0 radical (unpaired) electrons. The fourth-order valence-electron chi connectivity index (χ4n) is 4.37. The summed E-state index contributed by atoms with van der Waals surface area (Å²) in [6.07, 6.45) is 5.53. The van der Waals surface area contributed by atoms with Crippen LogP contribution in [0, 0.1) is 0 Å². The Labute approximate surface area is 171 Å². The number of carbonyl (C=O) groups excluding carboxylic acids is 2. The van der Waals surface area contributed by atoms with E-state index in [2.05, 4.69) is 5.32 Å². The molecule has 0 bridgehead atoms. The van der Waals surface area contributed by atoms with Gasteiger partial charge >= 0.3 is 0 Å². The third kappa shape index (κ3) is 4.09. The van der Waals surface area contributed by atoms with Crippen LogP contribution in [0.1, 0.15) is 50.2 Å². The molecule has 1 saturated carbocycles. The normalized spacial score (nSPS) is 19.7. The predicted molar refractivity (Wildman–Crippen MR) is 115 cm³/mol. The number of fused-ring (bicyclic) bond motifs is 1. The zero-order chi connectivity index (χ0) is 20.2. The summed E-state index contributed by atoms with van der Waals surface area (Å²) in [4.78, 5) is 32.3. The van der Waals surface area contributed by atoms with Gasteiger partial charge < -0.3 is 5.32 Å². The lowest BCUT2D eigenvalue weighted by atomic mass is 9.95. The van der Waals surface area contributed by atoms with Gasteiger partial charge in [0.1, 0.15) is 6.04 Å². The summed E-state index contributed by atoms with van der Waals surface area (Å²) < 4.78 is 0. The van der Waals surface area contributed by atoms with Crippen LogP contribution in [0.5, 0.6) is 0 Å². The summed E-state index contributed by atoms with van der Waals surface area (Å²) in [6.45, 7) is 1.77. The lowest BCUT2D eigenvalue weighted by molar-refractivity contribution is -0.126. The lowest BCUT2D eigenvalue weighted by Gasteiger charge is -2.31. The SMILES string of the molecule is CC(=O)N1c2ccccc2C(c2ccccc2)=NCC1C(=O)NC1CCCCC1. The van der Waals surface area contributed by atoms with E-state index in [0.717, 1.165) is 48.2 Å². The van der Waals surface area contributed by atoms with Gasteiger partial charge in [-0.3, -0.25) is 19.5 Å². The highest BCUT2D eigenvalue weighted by Crippen LogP contribution is 2.29. The van der Waals surface area contributed by atoms with E-state index in [9.17, 15) is 9.59 Å². The average Bonchev–Trinajstić information content (AvgIpc) is 2.92. The number of benzene rings is 2. The molecule has 2 aromatic carbocycles. The van der Waals surface area contributed by atoms with Gasteiger partial charge in [-0.2, -0.15) is 0 Å². The summed E-state index contributed by atoms with van der Waals surface area (Å²) in [5, 5.41) is 3.18. The zero-order valence-electron chi connectivity index (χ0n) is 16.8. The summed E-state index contributed by atoms with van der Waals surface area (Å²) in [5.41, 5.74) is 3.42. The molecule has 4 rings (SSSR count). The van der Waals surface area contributed by atoms with Crippen molar-refractivity contribution in [3.05, 3.63) is 65.7 Å². The van der Waals surface area contributed by atoms with Crippen LogP contribution in [0.3, 0.4) is 0 Å². The molecule has 2 amide bonds. The van der Waals surface area contributed by atoms with Crippen LogP contribution in [-0.4, -0.2) is 36.2 Å². The minimum atomic E-state index is -0.642. The second kappa shape index (κ2) is 8.60. The van der Waals surface area contributed by atoms with Crippen molar-refractivity contribution in [3.8, 4) is 0 Å². The molecule has 2 aliphatic rings. The van der Waals surface area contributed by atoms with Crippen molar-refractivity contribution in [1.82, 2.24) is 5.32 Å². The number of hydrogen-bond donors (Lipinski definition) is 1. The second-order valence-electron chi connectivity index (χ2n) is 7.82. The number of amides is 2. The standard InChI is InChI=1S/C24H27N3O2/c1-17(28)27-21-15-9-8-14-20(21)23(18-10-4-2-5-11-18)25-16-22(27)24(29)26-19-12-6-3-7-13-19/h2,4-5,8-11,14-15,19,22H,3,6-7,12-13,16H2,1H3,(H,26,29). The molecule has 1 aliphatic heterocycles. The molecule has 5 nitrogen and oxygen atoms in total. The number of anilines is 1. The highest BCUT2D eigenvalue weighted by molar-refractivity contribution is 6.18. The van der Waals surface area contributed by atoms with Crippen molar-refractivity contribution in [3.63, 3.8) is 0 Å². The Hall–Kier alpha value is -2.95. The number of para-hydroxylation sites is 1. The molecule has 1 fully saturated rings. The van der Waals surface area contributed by atoms with Gasteiger partial charge in [0.2, 0.25) is 11.8 Å². The molecule has 2 aromatic rings. The molecule has 0 aromatic heterocycles. The topological polar surface area (TPSA) is 61.8 Å². The van der Waals surface area contributed by atoms with E-state index in [0.29, 0.717) is 0 Å². The number of benzodiazepines with no additional fused rings is 1. The van der Waals surface area contributed by atoms with Crippen LogP contribution in [0.15, 0.2) is 59.6 Å². The van der Waals surface area contributed by atoms with Crippen LogP contribution < -0.4 is 10.2 Å². The Bertz CT molecular complexity index is 917. The van der Waals surface area contributed by atoms with Crippen LogP contribution in [0.2, 0.25) is 0 Å². The smallest absolute Gasteiger partial charge is 0.245 e. The van der Waals surface area contributed by atoms with E-state index in [4.69, 9.17) is 4.99 Å². The third-order valence-corrected chi connectivity index (χ3v) is 5.79. The Kier molecular flexibility index (Phi) is 5.74. The first-order valence-electron chi connectivity index (χ1n) is 10.4. The van der Waals surface area contributed by atoms with E-state index in [-0.39, 0.29) is 24.4 Å². The molecule has 5 heteroatoms. The fourth-order valence-corrected chi connectivity index (χ4v) is 4.37. The van der Waals surface area contributed by atoms with E-state index >= 15 is 0 Å². The second-order valence-corrected chi connectivity index (χ2v) is 7.82. The molecule has 150 valence electrons. The zero-order valence-corrected chi connectivity index (χ0v) is 16.8. The number of nitrogens with one attached hydrogen (secondary N) is 1. The molecule has 1 unspecified atom stereocenters. The average molecular weight is 389 g/mol. The summed E-state index contributed by atoms with van der Waals surface area (Å²) >= 11 is 0. The molecular weight excluding hydrogens is 362 g/mol. The minimum absolute atomic E-state index is 0.111. The fraction of sp³-hybridized carbons (Fsp3) is 0.375. The molecule has 0 spiro atoms. The maximum atomic E-state index is 13.2. The highest BCUT2D eigenvalue weighted by Gasteiger charge is 2.34. The van der Waals surface area contributed by atoms with Gasteiger partial charge in [-0.1, -0.05) is 67.8 Å². The molecule has 29 heavy (non-hydrogen) atoms. The van der Waals surface area contributed by atoms with Crippen molar-refractivity contribution in [2.24, 2.45) is 4.99 Å². The van der Waals surface area contributed by atoms with Gasteiger partial charge in [-0.15, -0.1) is 0 Å².